The minimum absolute atomic E-state index is 0.0851. The standard InChI is InChI=1S/C19H20N2O2/c1-13-7-4-5-9-18(13)20-19(22)17-11-14(2)21(15(17)3)12-16-8-6-10-23-16/h4-11H,12H2,1-3H3,(H,20,22). The molecule has 0 spiro atoms. The van der Waals surface area contributed by atoms with Crippen molar-refractivity contribution in [2.75, 3.05) is 5.32 Å². The Balaban J connectivity index is 1.86. The number of benzene rings is 1. The van der Waals surface area contributed by atoms with E-state index in [2.05, 4.69) is 9.88 Å². The zero-order chi connectivity index (χ0) is 16.4. The molecule has 3 rings (SSSR count). The molecule has 2 heterocycles. The Labute approximate surface area is 135 Å². The second-order valence-electron chi connectivity index (χ2n) is 5.72. The van der Waals surface area contributed by atoms with Gasteiger partial charge < -0.3 is 14.3 Å². The maximum Gasteiger partial charge on any atom is 0.257 e. The number of aryl methyl sites for hydroxylation is 2. The van der Waals surface area contributed by atoms with Crippen LogP contribution in [0.5, 0.6) is 0 Å². The Morgan fingerprint density at radius 2 is 1.91 bits per heavy atom. The highest BCUT2D eigenvalue weighted by molar-refractivity contribution is 6.05. The maximum atomic E-state index is 12.6. The summed E-state index contributed by atoms with van der Waals surface area (Å²) < 4.78 is 7.50. The molecule has 1 amide bonds. The quantitative estimate of drug-likeness (QED) is 0.781. The summed E-state index contributed by atoms with van der Waals surface area (Å²) >= 11 is 0. The zero-order valence-electron chi connectivity index (χ0n) is 13.6. The molecule has 0 aliphatic heterocycles. The highest BCUT2D eigenvalue weighted by Crippen LogP contribution is 2.20. The van der Waals surface area contributed by atoms with Gasteiger partial charge in [-0.1, -0.05) is 18.2 Å². The number of rotatable bonds is 4. The van der Waals surface area contributed by atoms with Gasteiger partial charge in [0, 0.05) is 17.1 Å². The van der Waals surface area contributed by atoms with Crippen LogP contribution in [-0.4, -0.2) is 10.5 Å². The van der Waals surface area contributed by atoms with Crippen molar-refractivity contribution in [3.8, 4) is 0 Å². The van der Waals surface area contributed by atoms with Crippen molar-refractivity contribution in [2.45, 2.75) is 27.3 Å². The molecule has 0 fully saturated rings. The third-order valence-corrected chi connectivity index (χ3v) is 4.11. The Morgan fingerprint density at radius 3 is 2.61 bits per heavy atom. The van der Waals surface area contributed by atoms with Crippen molar-refractivity contribution >= 4 is 11.6 Å². The third kappa shape index (κ3) is 3.06. The minimum atomic E-state index is -0.0851. The van der Waals surface area contributed by atoms with E-state index >= 15 is 0 Å². The van der Waals surface area contributed by atoms with Gasteiger partial charge in [0.2, 0.25) is 0 Å². The molecule has 0 bridgehead atoms. The van der Waals surface area contributed by atoms with Gasteiger partial charge in [0.1, 0.15) is 5.76 Å². The van der Waals surface area contributed by atoms with Crippen molar-refractivity contribution in [3.63, 3.8) is 0 Å². The van der Waals surface area contributed by atoms with Crippen molar-refractivity contribution < 1.29 is 9.21 Å². The fraction of sp³-hybridized carbons (Fsp3) is 0.211. The van der Waals surface area contributed by atoms with Crippen LogP contribution in [0.1, 0.15) is 33.1 Å². The van der Waals surface area contributed by atoms with Crippen molar-refractivity contribution in [1.82, 2.24) is 4.57 Å². The Kier molecular flexibility index (Phi) is 4.06. The zero-order valence-corrected chi connectivity index (χ0v) is 13.6. The summed E-state index contributed by atoms with van der Waals surface area (Å²) in [4.78, 5) is 12.6. The molecule has 4 nitrogen and oxygen atoms in total. The third-order valence-electron chi connectivity index (χ3n) is 4.11. The molecule has 118 valence electrons. The number of carbonyl (C=O) groups is 1. The lowest BCUT2D eigenvalue weighted by Gasteiger charge is -2.09. The number of anilines is 1. The second-order valence-corrected chi connectivity index (χ2v) is 5.72. The van der Waals surface area contributed by atoms with Gasteiger partial charge in [-0.25, -0.2) is 0 Å². The molecule has 0 saturated carbocycles. The predicted octanol–water partition coefficient (Wildman–Crippen LogP) is 4.31. The average molecular weight is 308 g/mol. The summed E-state index contributed by atoms with van der Waals surface area (Å²) in [6.45, 7) is 6.57. The van der Waals surface area contributed by atoms with Crippen LogP contribution in [0.15, 0.2) is 53.1 Å². The van der Waals surface area contributed by atoms with E-state index in [1.165, 1.54) is 0 Å². The van der Waals surface area contributed by atoms with Crippen molar-refractivity contribution in [2.24, 2.45) is 0 Å². The van der Waals surface area contributed by atoms with E-state index in [1.807, 2.05) is 63.2 Å². The molecule has 1 N–H and O–H groups in total. The average Bonchev–Trinajstić information content (AvgIpc) is 3.13. The summed E-state index contributed by atoms with van der Waals surface area (Å²) in [5, 5.41) is 2.99. The molecule has 0 unspecified atom stereocenters. The Morgan fingerprint density at radius 1 is 1.13 bits per heavy atom. The topological polar surface area (TPSA) is 47.2 Å². The Bertz CT molecular complexity index is 829. The van der Waals surface area contributed by atoms with Gasteiger partial charge >= 0.3 is 0 Å². The largest absolute Gasteiger partial charge is 0.467 e. The lowest BCUT2D eigenvalue weighted by atomic mass is 10.2. The molecule has 2 aromatic heterocycles. The van der Waals surface area contributed by atoms with Crippen molar-refractivity contribution in [1.29, 1.82) is 0 Å². The van der Waals surface area contributed by atoms with Crippen LogP contribution < -0.4 is 5.32 Å². The van der Waals surface area contributed by atoms with E-state index in [4.69, 9.17) is 4.42 Å². The smallest absolute Gasteiger partial charge is 0.257 e. The van der Waals surface area contributed by atoms with Gasteiger partial charge in [-0.05, 0) is 50.6 Å². The monoisotopic (exact) mass is 308 g/mol. The fourth-order valence-corrected chi connectivity index (χ4v) is 2.74. The van der Waals surface area contributed by atoms with Crippen LogP contribution in [0.3, 0.4) is 0 Å². The van der Waals surface area contributed by atoms with Gasteiger partial charge in [0.05, 0.1) is 18.4 Å². The molecule has 0 aliphatic rings. The molecule has 3 aromatic rings. The molecule has 0 radical (unpaired) electrons. The highest BCUT2D eigenvalue weighted by Gasteiger charge is 2.17. The van der Waals surface area contributed by atoms with E-state index < -0.39 is 0 Å². The number of nitrogens with one attached hydrogen (secondary N) is 1. The summed E-state index contributed by atoms with van der Waals surface area (Å²) in [7, 11) is 0. The van der Waals surface area contributed by atoms with E-state index in [0.29, 0.717) is 12.1 Å². The number of furan rings is 1. The normalized spacial score (nSPS) is 10.7. The van der Waals surface area contributed by atoms with E-state index in [-0.39, 0.29) is 5.91 Å². The maximum absolute atomic E-state index is 12.6. The van der Waals surface area contributed by atoms with Crippen LogP contribution in [0.4, 0.5) is 5.69 Å². The fourth-order valence-electron chi connectivity index (χ4n) is 2.74. The summed E-state index contributed by atoms with van der Waals surface area (Å²) in [5.41, 5.74) is 4.55. The first-order valence-electron chi connectivity index (χ1n) is 7.62. The molecular formula is C19H20N2O2. The predicted molar refractivity (Wildman–Crippen MR) is 90.8 cm³/mol. The Hall–Kier alpha value is -2.75. The summed E-state index contributed by atoms with van der Waals surface area (Å²) in [5.74, 6) is 0.788. The highest BCUT2D eigenvalue weighted by atomic mass is 16.3. The van der Waals surface area contributed by atoms with Crippen LogP contribution in [0, 0.1) is 20.8 Å². The second kappa shape index (κ2) is 6.16. The van der Waals surface area contributed by atoms with Gasteiger partial charge in [-0.15, -0.1) is 0 Å². The number of carbonyl (C=O) groups excluding carboxylic acids is 1. The summed E-state index contributed by atoms with van der Waals surface area (Å²) in [6.07, 6.45) is 1.66. The van der Waals surface area contributed by atoms with Gasteiger partial charge in [-0.3, -0.25) is 4.79 Å². The lowest BCUT2D eigenvalue weighted by Crippen LogP contribution is -2.14. The first kappa shape index (κ1) is 15.2. The molecule has 4 heteroatoms. The first-order valence-corrected chi connectivity index (χ1v) is 7.62. The van der Waals surface area contributed by atoms with Crippen LogP contribution in [0.25, 0.3) is 0 Å². The van der Waals surface area contributed by atoms with Gasteiger partial charge in [-0.2, -0.15) is 0 Å². The van der Waals surface area contributed by atoms with Gasteiger partial charge in [0.25, 0.3) is 5.91 Å². The SMILES string of the molecule is Cc1ccccc1NC(=O)c1cc(C)n(Cc2ccco2)c1C. The summed E-state index contributed by atoms with van der Waals surface area (Å²) in [6, 6.07) is 13.5. The van der Waals surface area contributed by atoms with E-state index in [1.54, 1.807) is 6.26 Å². The van der Waals surface area contributed by atoms with E-state index in [9.17, 15) is 4.79 Å². The number of nitrogens with zero attached hydrogens (tertiary/aromatic N) is 1. The van der Waals surface area contributed by atoms with Crippen LogP contribution in [0.2, 0.25) is 0 Å². The number of amides is 1. The van der Waals surface area contributed by atoms with Gasteiger partial charge in [0.15, 0.2) is 0 Å². The number of aromatic nitrogens is 1. The molecular weight excluding hydrogens is 288 g/mol. The lowest BCUT2D eigenvalue weighted by molar-refractivity contribution is 0.102. The molecule has 1 aromatic carbocycles. The van der Waals surface area contributed by atoms with Crippen molar-refractivity contribution in [3.05, 3.63) is 77.0 Å². The molecule has 0 saturated heterocycles. The number of hydrogen-bond acceptors (Lipinski definition) is 2. The molecule has 23 heavy (non-hydrogen) atoms. The van der Waals surface area contributed by atoms with E-state index in [0.717, 1.165) is 28.4 Å². The number of para-hydroxylation sites is 1. The minimum Gasteiger partial charge on any atom is -0.467 e. The first-order chi connectivity index (χ1) is 11.1. The van der Waals surface area contributed by atoms with Crippen LogP contribution >= 0.6 is 0 Å². The molecule has 0 atom stereocenters. The molecule has 0 aliphatic carbocycles. The van der Waals surface area contributed by atoms with Crippen LogP contribution in [-0.2, 0) is 6.54 Å². The number of hydrogen-bond donors (Lipinski definition) is 1.